The number of imidazole rings is 1. The van der Waals surface area contributed by atoms with Crippen LogP contribution < -0.4 is 5.32 Å². The fourth-order valence-corrected chi connectivity index (χ4v) is 4.27. The number of hydrogen-bond acceptors (Lipinski definition) is 3. The van der Waals surface area contributed by atoms with Crippen LogP contribution in [0.5, 0.6) is 0 Å². The SMILES string of the molecule is CCn1c(SCCC(=O)NC2CCCCC2)nc2ccccc21. The number of nitrogens with one attached hydrogen (secondary N) is 1. The van der Waals surface area contributed by atoms with E-state index in [1.807, 2.05) is 18.2 Å². The van der Waals surface area contributed by atoms with E-state index in [0.29, 0.717) is 12.5 Å². The number of carbonyl (C=O) groups excluding carboxylic acids is 1. The molecule has 4 nitrogen and oxygen atoms in total. The molecular weight excluding hydrogens is 306 g/mol. The second-order valence-corrected chi connectivity index (χ2v) is 7.19. The highest BCUT2D eigenvalue weighted by Crippen LogP contribution is 2.24. The highest BCUT2D eigenvalue weighted by molar-refractivity contribution is 7.99. The van der Waals surface area contributed by atoms with Gasteiger partial charge in [-0.25, -0.2) is 4.98 Å². The number of para-hydroxylation sites is 2. The Morgan fingerprint density at radius 1 is 1.30 bits per heavy atom. The van der Waals surface area contributed by atoms with Crippen molar-refractivity contribution >= 4 is 28.7 Å². The van der Waals surface area contributed by atoms with Gasteiger partial charge in [0.25, 0.3) is 0 Å². The minimum atomic E-state index is 0.184. The third kappa shape index (κ3) is 4.08. The molecule has 0 spiro atoms. The van der Waals surface area contributed by atoms with Crippen molar-refractivity contribution in [1.82, 2.24) is 14.9 Å². The average Bonchev–Trinajstić information content (AvgIpc) is 2.93. The van der Waals surface area contributed by atoms with Gasteiger partial charge in [-0.15, -0.1) is 0 Å². The topological polar surface area (TPSA) is 46.9 Å². The molecule has 1 aliphatic carbocycles. The highest BCUT2D eigenvalue weighted by atomic mass is 32.2. The summed E-state index contributed by atoms with van der Waals surface area (Å²) >= 11 is 1.68. The number of amides is 1. The first-order chi connectivity index (χ1) is 11.3. The largest absolute Gasteiger partial charge is 0.353 e. The molecule has 0 aliphatic heterocycles. The molecule has 1 aromatic heterocycles. The summed E-state index contributed by atoms with van der Waals surface area (Å²) in [6, 6.07) is 8.61. The van der Waals surface area contributed by atoms with Crippen LogP contribution in [0.1, 0.15) is 45.4 Å². The Labute approximate surface area is 142 Å². The van der Waals surface area contributed by atoms with E-state index >= 15 is 0 Å². The van der Waals surface area contributed by atoms with Crippen LogP contribution in [0.2, 0.25) is 0 Å². The van der Waals surface area contributed by atoms with E-state index in [0.717, 1.165) is 35.8 Å². The molecule has 2 aromatic rings. The van der Waals surface area contributed by atoms with E-state index in [1.54, 1.807) is 11.8 Å². The number of hydrogen-bond donors (Lipinski definition) is 1. The first-order valence-electron chi connectivity index (χ1n) is 8.65. The molecule has 0 bridgehead atoms. The molecule has 23 heavy (non-hydrogen) atoms. The molecular formula is C18H25N3OS. The third-order valence-corrected chi connectivity index (χ3v) is 5.44. The standard InChI is InChI=1S/C18H25N3OS/c1-2-21-16-11-7-6-10-15(16)20-18(21)23-13-12-17(22)19-14-8-4-3-5-9-14/h6-7,10-11,14H,2-5,8-9,12-13H2,1H3,(H,19,22). The second kappa shape index (κ2) is 7.86. The summed E-state index contributed by atoms with van der Waals surface area (Å²) in [4.78, 5) is 16.8. The number of aryl methyl sites for hydroxylation is 1. The van der Waals surface area contributed by atoms with Crippen molar-refractivity contribution in [1.29, 1.82) is 0 Å². The molecule has 0 atom stereocenters. The molecule has 3 rings (SSSR count). The van der Waals surface area contributed by atoms with E-state index in [9.17, 15) is 4.79 Å². The summed E-state index contributed by atoms with van der Waals surface area (Å²) in [6.45, 7) is 3.03. The number of fused-ring (bicyclic) bond motifs is 1. The highest BCUT2D eigenvalue weighted by Gasteiger charge is 2.16. The monoisotopic (exact) mass is 331 g/mol. The van der Waals surface area contributed by atoms with Gasteiger partial charge in [0.2, 0.25) is 5.91 Å². The molecule has 1 saturated carbocycles. The molecule has 1 aromatic carbocycles. The second-order valence-electron chi connectivity index (χ2n) is 6.13. The number of nitrogens with zero attached hydrogens (tertiary/aromatic N) is 2. The van der Waals surface area contributed by atoms with Crippen molar-refractivity contribution in [2.45, 2.75) is 63.2 Å². The zero-order valence-electron chi connectivity index (χ0n) is 13.8. The van der Waals surface area contributed by atoms with Gasteiger partial charge in [-0.3, -0.25) is 4.79 Å². The normalized spacial score (nSPS) is 15.9. The van der Waals surface area contributed by atoms with Crippen LogP contribution in [0, 0.1) is 0 Å². The van der Waals surface area contributed by atoms with Gasteiger partial charge in [0.05, 0.1) is 11.0 Å². The van der Waals surface area contributed by atoms with E-state index in [-0.39, 0.29) is 5.91 Å². The zero-order valence-corrected chi connectivity index (χ0v) is 14.6. The Hall–Kier alpha value is -1.49. The molecule has 124 valence electrons. The van der Waals surface area contributed by atoms with Crippen LogP contribution in [0.25, 0.3) is 11.0 Å². The molecule has 0 radical (unpaired) electrons. The fraction of sp³-hybridized carbons (Fsp3) is 0.556. The van der Waals surface area contributed by atoms with Crippen molar-refractivity contribution in [2.24, 2.45) is 0 Å². The average molecular weight is 331 g/mol. The molecule has 1 N–H and O–H groups in total. The lowest BCUT2D eigenvalue weighted by Gasteiger charge is -2.22. The van der Waals surface area contributed by atoms with Crippen molar-refractivity contribution in [3.8, 4) is 0 Å². The number of thioether (sulfide) groups is 1. The van der Waals surface area contributed by atoms with Crippen molar-refractivity contribution < 1.29 is 4.79 Å². The van der Waals surface area contributed by atoms with Crippen LogP contribution in [-0.4, -0.2) is 27.3 Å². The van der Waals surface area contributed by atoms with Crippen LogP contribution in [0.3, 0.4) is 0 Å². The van der Waals surface area contributed by atoms with Gasteiger partial charge in [-0.05, 0) is 31.9 Å². The van der Waals surface area contributed by atoms with Crippen molar-refractivity contribution in [3.05, 3.63) is 24.3 Å². The summed E-state index contributed by atoms with van der Waals surface area (Å²) in [5.41, 5.74) is 2.20. The smallest absolute Gasteiger partial charge is 0.221 e. The predicted octanol–water partition coefficient (Wildman–Crippen LogP) is 3.99. The molecule has 1 amide bonds. The van der Waals surface area contributed by atoms with Gasteiger partial charge >= 0.3 is 0 Å². The van der Waals surface area contributed by atoms with Crippen LogP contribution in [-0.2, 0) is 11.3 Å². The molecule has 1 heterocycles. The lowest BCUT2D eigenvalue weighted by atomic mass is 9.95. The van der Waals surface area contributed by atoms with Crippen molar-refractivity contribution in [3.63, 3.8) is 0 Å². The summed E-state index contributed by atoms with van der Waals surface area (Å²) in [5.74, 6) is 0.963. The lowest BCUT2D eigenvalue weighted by molar-refractivity contribution is -0.121. The first kappa shape index (κ1) is 16.4. The maximum atomic E-state index is 12.1. The molecule has 5 heteroatoms. The van der Waals surface area contributed by atoms with E-state index in [2.05, 4.69) is 22.9 Å². The maximum absolute atomic E-state index is 12.1. The van der Waals surface area contributed by atoms with Gasteiger partial charge in [-0.2, -0.15) is 0 Å². The minimum absolute atomic E-state index is 0.184. The Morgan fingerprint density at radius 3 is 2.87 bits per heavy atom. The lowest BCUT2D eigenvalue weighted by Crippen LogP contribution is -2.36. The number of rotatable bonds is 6. The van der Waals surface area contributed by atoms with Crippen LogP contribution >= 0.6 is 11.8 Å². The predicted molar refractivity (Wildman–Crippen MR) is 95.8 cm³/mol. The summed E-state index contributed by atoms with van der Waals surface area (Å²) in [7, 11) is 0. The van der Waals surface area contributed by atoms with Gasteiger partial charge in [0.1, 0.15) is 0 Å². The molecule has 1 fully saturated rings. The number of benzene rings is 1. The maximum Gasteiger partial charge on any atom is 0.221 e. The molecule has 0 saturated heterocycles. The summed E-state index contributed by atoms with van der Waals surface area (Å²) in [6.07, 6.45) is 6.67. The summed E-state index contributed by atoms with van der Waals surface area (Å²) in [5, 5.41) is 4.19. The Morgan fingerprint density at radius 2 is 2.09 bits per heavy atom. The zero-order chi connectivity index (χ0) is 16.1. The fourth-order valence-electron chi connectivity index (χ4n) is 3.25. The number of carbonyl (C=O) groups is 1. The van der Waals surface area contributed by atoms with E-state index in [4.69, 9.17) is 4.98 Å². The van der Waals surface area contributed by atoms with Gasteiger partial charge in [0, 0.05) is 24.8 Å². The van der Waals surface area contributed by atoms with Gasteiger partial charge in [0.15, 0.2) is 5.16 Å². The van der Waals surface area contributed by atoms with Gasteiger partial charge < -0.3 is 9.88 Å². The quantitative estimate of drug-likeness (QED) is 0.814. The van der Waals surface area contributed by atoms with E-state index < -0.39 is 0 Å². The Balaban J connectivity index is 1.53. The van der Waals surface area contributed by atoms with Crippen LogP contribution in [0.15, 0.2) is 29.4 Å². The number of aromatic nitrogens is 2. The van der Waals surface area contributed by atoms with E-state index in [1.165, 1.54) is 24.8 Å². The summed E-state index contributed by atoms with van der Waals surface area (Å²) < 4.78 is 2.22. The minimum Gasteiger partial charge on any atom is -0.353 e. The van der Waals surface area contributed by atoms with Crippen molar-refractivity contribution in [2.75, 3.05) is 5.75 Å². The molecule has 0 unspecified atom stereocenters. The third-order valence-electron chi connectivity index (χ3n) is 4.47. The van der Waals surface area contributed by atoms with Gasteiger partial charge in [-0.1, -0.05) is 43.2 Å². The Bertz CT molecular complexity index is 661. The van der Waals surface area contributed by atoms with Crippen LogP contribution in [0.4, 0.5) is 0 Å². The first-order valence-corrected chi connectivity index (χ1v) is 9.64. The molecule has 1 aliphatic rings. The Kier molecular flexibility index (Phi) is 5.60.